The Morgan fingerprint density at radius 2 is 1.91 bits per heavy atom. The van der Waals surface area contributed by atoms with Gasteiger partial charge in [-0.2, -0.15) is 0 Å². The zero-order valence-electron chi connectivity index (χ0n) is 12.2. The summed E-state index contributed by atoms with van der Waals surface area (Å²) in [5.74, 6) is -0.735. The van der Waals surface area contributed by atoms with Crippen molar-refractivity contribution in [3.63, 3.8) is 0 Å². The van der Waals surface area contributed by atoms with Crippen molar-refractivity contribution in [2.75, 3.05) is 23.0 Å². The molecule has 0 saturated heterocycles. The lowest BCUT2D eigenvalue weighted by atomic mass is 10.1. The highest BCUT2D eigenvalue weighted by molar-refractivity contribution is 7.90. The van der Waals surface area contributed by atoms with Crippen LogP contribution in [0.3, 0.4) is 0 Å². The van der Waals surface area contributed by atoms with Crippen LogP contribution < -0.4 is 10.2 Å². The van der Waals surface area contributed by atoms with E-state index in [0.717, 1.165) is 6.26 Å². The van der Waals surface area contributed by atoms with E-state index >= 15 is 0 Å². The van der Waals surface area contributed by atoms with Gasteiger partial charge in [-0.1, -0.05) is 0 Å². The fourth-order valence-electron chi connectivity index (χ4n) is 2.33. The lowest BCUT2D eigenvalue weighted by Crippen LogP contribution is -2.42. The Kier molecular flexibility index (Phi) is 3.61. The number of carbonyl (C=O) groups is 2. The second-order valence-electron chi connectivity index (χ2n) is 5.13. The predicted octanol–water partition coefficient (Wildman–Crippen LogP) is 1.08. The maximum Gasteiger partial charge on any atom is 0.258 e. The van der Waals surface area contributed by atoms with Crippen LogP contribution in [0.5, 0.6) is 0 Å². The van der Waals surface area contributed by atoms with Gasteiger partial charge in [0.1, 0.15) is 6.54 Å². The molecule has 2 heterocycles. The Morgan fingerprint density at radius 1 is 1.22 bits per heavy atom. The molecule has 2 aromatic rings. The molecule has 1 aliphatic heterocycles. The van der Waals surface area contributed by atoms with Crippen molar-refractivity contribution in [1.29, 1.82) is 0 Å². The minimum absolute atomic E-state index is 0.0785. The van der Waals surface area contributed by atoms with Crippen LogP contribution in [-0.4, -0.2) is 38.0 Å². The van der Waals surface area contributed by atoms with Crippen LogP contribution in [0.15, 0.2) is 47.6 Å². The number of aromatic nitrogens is 1. The summed E-state index contributed by atoms with van der Waals surface area (Å²) in [6, 6.07) is 7.40. The van der Waals surface area contributed by atoms with Gasteiger partial charge >= 0.3 is 0 Å². The average molecular weight is 331 g/mol. The molecule has 0 spiro atoms. The summed E-state index contributed by atoms with van der Waals surface area (Å²) in [7, 11) is -3.41. The quantitative estimate of drug-likeness (QED) is 0.888. The molecule has 1 aromatic heterocycles. The van der Waals surface area contributed by atoms with Gasteiger partial charge in [-0.3, -0.25) is 19.5 Å². The molecule has 0 aliphatic carbocycles. The summed E-state index contributed by atoms with van der Waals surface area (Å²) in [4.78, 5) is 29.7. The summed E-state index contributed by atoms with van der Waals surface area (Å²) in [5.41, 5.74) is 1.15. The van der Waals surface area contributed by atoms with Crippen LogP contribution in [0, 0.1) is 0 Å². The molecule has 0 saturated carbocycles. The van der Waals surface area contributed by atoms with Gasteiger partial charge in [-0.25, -0.2) is 8.42 Å². The standard InChI is InChI=1S/C15H13N3O4S/c1-23(21,22)11-2-3-13-12(8-11)17-14(19)9-18(13)15(20)10-4-6-16-7-5-10/h2-8H,9H2,1H3,(H,17,19). The Hall–Kier alpha value is -2.74. The van der Waals surface area contributed by atoms with Gasteiger partial charge < -0.3 is 5.32 Å². The number of rotatable bonds is 2. The fourth-order valence-corrected chi connectivity index (χ4v) is 2.98. The maximum atomic E-state index is 12.6. The summed E-state index contributed by atoms with van der Waals surface area (Å²) in [5, 5.41) is 2.60. The van der Waals surface area contributed by atoms with Crippen molar-refractivity contribution in [3.8, 4) is 0 Å². The lowest BCUT2D eigenvalue weighted by molar-refractivity contribution is -0.115. The first-order valence-electron chi connectivity index (χ1n) is 6.72. The van der Waals surface area contributed by atoms with Crippen molar-refractivity contribution >= 4 is 33.0 Å². The molecule has 2 amide bonds. The van der Waals surface area contributed by atoms with E-state index in [1.165, 1.54) is 35.5 Å². The normalized spacial score (nSPS) is 14.1. The van der Waals surface area contributed by atoms with E-state index in [0.29, 0.717) is 16.9 Å². The molecule has 0 atom stereocenters. The second-order valence-corrected chi connectivity index (χ2v) is 7.14. The van der Waals surface area contributed by atoms with Crippen LogP contribution >= 0.6 is 0 Å². The Morgan fingerprint density at radius 3 is 2.57 bits per heavy atom. The van der Waals surface area contributed by atoms with Crippen molar-refractivity contribution < 1.29 is 18.0 Å². The molecule has 0 bridgehead atoms. The number of anilines is 2. The second kappa shape index (κ2) is 5.47. The number of pyridine rings is 1. The average Bonchev–Trinajstić information content (AvgIpc) is 2.52. The number of sulfone groups is 1. The summed E-state index contributed by atoms with van der Waals surface area (Å²) >= 11 is 0. The molecule has 8 heteroatoms. The largest absolute Gasteiger partial charge is 0.323 e. The van der Waals surface area contributed by atoms with Gasteiger partial charge in [0.05, 0.1) is 16.3 Å². The molecule has 1 aliphatic rings. The SMILES string of the molecule is CS(=O)(=O)c1ccc2c(c1)NC(=O)CN2C(=O)c1ccncc1. The number of carbonyl (C=O) groups excluding carboxylic acids is 2. The van der Waals surface area contributed by atoms with Crippen molar-refractivity contribution in [1.82, 2.24) is 4.98 Å². The molecule has 118 valence electrons. The molecule has 0 unspecified atom stereocenters. The van der Waals surface area contributed by atoms with Gasteiger partial charge in [0.25, 0.3) is 5.91 Å². The molecule has 7 nitrogen and oxygen atoms in total. The highest BCUT2D eigenvalue weighted by atomic mass is 32.2. The van der Waals surface area contributed by atoms with Gasteiger partial charge in [-0.05, 0) is 30.3 Å². The number of nitrogens with one attached hydrogen (secondary N) is 1. The van der Waals surface area contributed by atoms with Gasteiger partial charge in [0.2, 0.25) is 5.91 Å². The van der Waals surface area contributed by atoms with E-state index in [-0.39, 0.29) is 23.3 Å². The van der Waals surface area contributed by atoms with Crippen LogP contribution in [0.1, 0.15) is 10.4 Å². The van der Waals surface area contributed by atoms with Gasteiger partial charge in [0, 0.05) is 24.2 Å². The van der Waals surface area contributed by atoms with E-state index < -0.39 is 9.84 Å². The van der Waals surface area contributed by atoms with E-state index in [1.807, 2.05) is 0 Å². The molecule has 0 fully saturated rings. The summed E-state index contributed by atoms with van der Waals surface area (Å²) in [6.07, 6.45) is 4.06. The van der Waals surface area contributed by atoms with E-state index in [4.69, 9.17) is 0 Å². The first-order chi connectivity index (χ1) is 10.9. The Labute approximate surface area is 132 Å². The van der Waals surface area contributed by atoms with Crippen LogP contribution in [0.25, 0.3) is 0 Å². The number of benzene rings is 1. The Bertz CT molecular complexity index is 894. The zero-order chi connectivity index (χ0) is 16.6. The lowest BCUT2D eigenvalue weighted by Gasteiger charge is -2.29. The number of nitrogens with zero attached hydrogens (tertiary/aromatic N) is 2. The highest BCUT2D eigenvalue weighted by Crippen LogP contribution is 2.32. The number of hydrogen-bond acceptors (Lipinski definition) is 5. The third-order valence-electron chi connectivity index (χ3n) is 3.44. The first kappa shape index (κ1) is 15.2. The molecule has 1 aromatic carbocycles. The number of fused-ring (bicyclic) bond motifs is 1. The third kappa shape index (κ3) is 2.93. The van der Waals surface area contributed by atoms with Crippen molar-refractivity contribution in [2.45, 2.75) is 4.90 Å². The molecule has 1 N–H and O–H groups in total. The Balaban J connectivity index is 2.06. The van der Waals surface area contributed by atoms with Crippen molar-refractivity contribution in [3.05, 3.63) is 48.3 Å². The van der Waals surface area contributed by atoms with Crippen LogP contribution in [0.4, 0.5) is 11.4 Å². The van der Waals surface area contributed by atoms with Crippen LogP contribution in [-0.2, 0) is 14.6 Å². The zero-order valence-corrected chi connectivity index (χ0v) is 13.0. The minimum atomic E-state index is -3.41. The van der Waals surface area contributed by atoms with E-state index in [9.17, 15) is 18.0 Å². The summed E-state index contributed by atoms with van der Waals surface area (Å²) in [6.45, 7) is -0.133. The highest BCUT2D eigenvalue weighted by Gasteiger charge is 2.28. The topological polar surface area (TPSA) is 96.4 Å². The predicted molar refractivity (Wildman–Crippen MR) is 84.1 cm³/mol. The van der Waals surface area contributed by atoms with E-state index in [2.05, 4.69) is 10.3 Å². The minimum Gasteiger partial charge on any atom is -0.323 e. The summed E-state index contributed by atoms with van der Waals surface area (Å²) < 4.78 is 23.3. The molecule has 23 heavy (non-hydrogen) atoms. The fraction of sp³-hybridized carbons (Fsp3) is 0.133. The van der Waals surface area contributed by atoms with Gasteiger partial charge in [-0.15, -0.1) is 0 Å². The van der Waals surface area contributed by atoms with Gasteiger partial charge in [0.15, 0.2) is 9.84 Å². The maximum absolute atomic E-state index is 12.6. The molecule has 0 radical (unpaired) electrons. The number of hydrogen-bond donors (Lipinski definition) is 1. The monoisotopic (exact) mass is 331 g/mol. The van der Waals surface area contributed by atoms with Crippen LogP contribution in [0.2, 0.25) is 0 Å². The smallest absolute Gasteiger partial charge is 0.258 e. The number of amides is 2. The molecular weight excluding hydrogens is 318 g/mol. The molecular formula is C15H13N3O4S. The third-order valence-corrected chi connectivity index (χ3v) is 4.55. The first-order valence-corrected chi connectivity index (χ1v) is 8.61. The molecule has 3 rings (SSSR count). The van der Waals surface area contributed by atoms with Crippen molar-refractivity contribution in [2.24, 2.45) is 0 Å². The van der Waals surface area contributed by atoms with E-state index in [1.54, 1.807) is 12.1 Å².